The van der Waals surface area contributed by atoms with Crippen molar-refractivity contribution in [2.24, 2.45) is 5.73 Å². The Kier molecular flexibility index (Phi) is 5.08. The molecule has 5 nitrogen and oxygen atoms in total. The van der Waals surface area contributed by atoms with Gasteiger partial charge >= 0.3 is 5.97 Å². The van der Waals surface area contributed by atoms with Crippen molar-refractivity contribution in [1.82, 2.24) is 0 Å². The number of carbonyl (C=O) groups is 2. The SMILES string of the molecule is CC(C)(Br)C(=O)Nc1ccc(C[C@H](N)C(=O)O)cc1. The lowest BCUT2D eigenvalue weighted by molar-refractivity contribution is -0.138. The molecule has 4 N–H and O–H groups in total. The zero-order valence-corrected chi connectivity index (χ0v) is 12.4. The number of amides is 1. The number of rotatable bonds is 5. The molecule has 1 amide bonds. The molecular formula is C13H17BrN2O3. The van der Waals surface area contributed by atoms with E-state index in [-0.39, 0.29) is 12.3 Å². The molecule has 1 aromatic carbocycles. The summed E-state index contributed by atoms with van der Waals surface area (Å²) in [5.41, 5.74) is 6.92. The van der Waals surface area contributed by atoms with E-state index in [1.165, 1.54) is 0 Å². The lowest BCUT2D eigenvalue weighted by atomic mass is 10.1. The second kappa shape index (κ2) is 6.16. The standard InChI is InChI=1S/C13H17BrN2O3/c1-13(2,14)12(19)16-9-5-3-8(4-6-9)7-10(15)11(17)18/h3-6,10H,7,15H2,1-2H3,(H,16,19)(H,17,18)/t10-/m0/s1. The molecule has 0 aliphatic rings. The van der Waals surface area contributed by atoms with Crippen LogP contribution in [0.25, 0.3) is 0 Å². The van der Waals surface area contributed by atoms with Gasteiger partial charge in [0.1, 0.15) is 6.04 Å². The highest BCUT2D eigenvalue weighted by atomic mass is 79.9. The van der Waals surface area contributed by atoms with Crippen molar-refractivity contribution in [2.45, 2.75) is 30.6 Å². The molecule has 104 valence electrons. The lowest BCUT2D eigenvalue weighted by Crippen LogP contribution is -2.32. The fourth-order valence-corrected chi connectivity index (χ4v) is 1.44. The Morgan fingerprint density at radius 1 is 1.37 bits per heavy atom. The fraction of sp³-hybridized carbons (Fsp3) is 0.385. The van der Waals surface area contributed by atoms with Gasteiger partial charge in [-0.25, -0.2) is 0 Å². The van der Waals surface area contributed by atoms with E-state index in [1.807, 2.05) is 0 Å². The highest BCUT2D eigenvalue weighted by molar-refractivity contribution is 9.10. The molecule has 19 heavy (non-hydrogen) atoms. The smallest absolute Gasteiger partial charge is 0.320 e. The summed E-state index contributed by atoms with van der Waals surface area (Å²) in [5.74, 6) is -1.18. The molecule has 6 heteroatoms. The van der Waals surface area contributed by atoms with Crippen LogP contribution >= 0.6 is 15.9 Å². The van der Waals surface area contributed by atoms with E-state index in [0.717, 1.165) is 5.56 Å². The highest BCUT2D eigenvalue weighted by Gasteiger charge is 2.23. The summed E-state index contributed by atoms with van der Waals surface area (Å²) in [5, 5.41) is 11.5. The number of nitrogens with one attached hydrogen (secondary N) is 1. The number of halogens is 1. The van der Waals surface area contributed by atoms with Gasteiger partial charge in [-0.05, 0) is 38.0 Å². The fourth-order valence-electron chi connectivity index (χ4n) is 1.35. The van der Waals surface area contributed by atoms with E-state index in [0.29, 0.717) is 5.69 Å². The van der Waals surface area contributed by atoms with Gasteiger partial charge in [-0.3, -0.25) is 9.59 Å². The van der Waals surface area contributed by atoms with Crippen molar-refractivity contribution in [3.05, 3.63) is 29.8 Å². The number of benzene rings is 1. The molecule has 0 unspecified atom stereocenters. The molecule has 0 heterocycles. The number of nitrogens with two attached hydrogens (primary N) is 1. The third kappa shape index (κ3) is 5.00. The molecule has 0 fully saturated rings. The third-order valence-electron chi connectivity index (χ3n) is 2.52. The molecule has 0 bridgehead atoms. The Morgan fingerprint density at radius 3 is 2.32 bits per heavy atom. The monoisotopic (exact) mass is 328 g/mol. The van der Waals surface area contributed by atoms with Gasteiger partial charge in [-0.15, -0.1) is 0 Å². The van der Waals surface area contributed by atoms with Gasteiger partial charge in [-0.1, -0.05) is 28.1 Å². The normalized spacial score (nSPS) is 12.8. The summed E-state index contributed by atoms with van der Waals surface area (Å²) < 4.78 is -0.642. The summed E-state index contributed by atoms with van der Waals surface area (Å²) in [6.07, 6.45) is 0.257. The number of carboxylic acid groups (broad SMARTS) is 1. The molecule has 1 aromatic rings. The average Bonchev–Trinajstić information content (AvgIpc) is 2.30. The number of carbonyl (C=O) groups excluding carboxylic acids is 1. The van der Waals surface area contributed by atoms with Crippen LogP contribution in [-0.2, 0) is 16.0 Å². The first-order chi connectivity index (χ1) is 8.70. The lowest BCUT2D eigenvalue weighted by Gasteiger charge is -2.16. The van der Waals surface area contributed by atoms with E-state index in [4.69, 9.17) is 10.8 Å². The molecule has 0 aromatic heterocycles. The average molecular weight is 329 g/mol. The van der Waals surface area contributed by atoms with E-state index >= 15 is 0 Å². The van der Waals surface area contributed by atoms with Crippen LogP contribution in [0.1, 0.15) is 19.4 Å². The topological polar surface area (TPSA) is 92.4 Å². The Balaban J connectivity index is 2.67. The number of anilines is 1. The van der Waals surface area contributed by atoms with Crippen LogP contribution in [0.2, 0.25) is 0 Å². The minimum absolute atomic E-state index is 0.150. The molecule has 0 aliphatic heterocycles. The first-order valence-electron chi connectivity index (χ1n) is 5.78. The highest BCUT2D eigenvalue weighted by Crippen LogP contribution is 2.19. The van der Waals surface area contributed by atoms with Crippen LogP contribution < -0.4 is 11.1 Å². The number of hydrogen-bond donors (Lipinski definition) is 3. The number of hydrogen-bond acceptors (Lipinski definition) is 3. The van der Waals surface area contributed by atoms with E-state index in [2.05, 4.69) is 21.2 Å². The summed E-state index contributed by atoms with van der Waals surface area (Å²) in [4.78, 5) is 22.4. The van der Waals surface area contributed by atoms with Gasteiger partial charge in [0.2, 0.25) is 5.91 Å². The van der Waals surface area contributed by atoms with E-state index in [1.54, 1.807) is 38.1 Å². The Morgan fingerprint density at radius 2 is 1.89 bits per heavy atom. The van der Waals surface area contributed by atoms with Gasteiger partial charge in [-0.2, -0.15) is 0 Å². The van der Waals surface area contributed by atoms with Crippen molar-refractivity contribution in [1.29, 1.82) is 0 Å². The summed E-state index contributed by atoms with van der Waals surface area (Å²) in [6, 6.07) is 6.03. The third-order valence-corrected chi connectivity index (χ3v) is 2.88. The first-order valence-corrected chi connectivity index (χ1v) is 6.57. The number of alkyl halides is 1. The van der Waals surface area contributed by atoms with Crippen LogP contribution in [0.3, 0.4) is 0 Å². The van der Waals surface area contributed by atoms with Gasteiger partial charge < -0.3 is 16.2 Å². The van der Waals surface area contributed by atoms with E-state index < -0.39 is 16.3 Å². The largest absolute Gasteiger partial charge is 0.480 e. The second-order valence-corrected chi connectivity index (χ2v) is 6.75. The van der Waals surface area contributed by atoms with E-state index in [9.17, 15) is 9.59 Å². The van der Waals surface area contributed by atoms with Gasteiger partial charge in [0.25, 0.3) is 0 Å². The predicted octanol–water partition coefficient (Wildman–Crippen LogP) is 1.75. The first kappa shape index (κ1) is 15.7. The van der Waals surface area contributed by atoms with Gasteiger partial charge in [0.05, 0.1) is 4.32 Å². The van der Waals surface area contributed by atoms with Crippen molar-refractivity contribution in [2.75, 3.05) is 5.32 Å². The van der Waals surface area contributed by atoms with Gasteiger partial charge in [0.15, 0.2) is 0 Å². The maximum absolute atomic E-state index is 11.7. The van der Waals surface area contributed by atoms with Crippen LogP contribution in [-0.4, -0.2) is 27.3 Å². The van der Waals surface area contributed by atoms with Crippen molar-refractivity contribution < 1.29 is 14.7 Å². The molecule has 0 saturated heterocycles. The molecule has 1 atom stereocenters. The summed E-state index contributed by atoms with van der Waals surface area (Å²) >= 11 is 3.27. The predicted molar refractivity (Wildman–Crippen MR) is 77.4 cm³/mol. The molecule has 0 aliphatic carbocycles. The van der Waals surface area contributed by atoms with Crippen LogP contribution in [0, 0.1) is 0 Å². The maximum Gasteiger partial charge on any atom is 0.320 e. The van der Waals surface area contributed by atoms with Gasteiger partial charge in [0, 0.05) is 5.69 Å². The summed E-state index contributed by atoms with van der Waals surface area (Å²) in [6.45, 7) is 3.51. The zero-order chi connectivity index (χ0) is 14.6. The molecule has 1 rings (SSSR count). The van der Waals surface area contributed by atoms with Crippen LogP contribution in [0.5, 0.6) is 0 Å². The quantitative estimate of drug-likeness (QED) is 0.718. The molecule has 0 radical (unpaired) electrons. The second-order valence-electron chi connectivity index (χ2n) is 4.77. The van der Waals surface area contributed by atoms with Crippen LogP contribution in [0.4, 0.5) is 5.69 Å². The van der Waals surface area contributed by atoms with Crippen LogP contribution in [0.15, 0.2) is 24.3 Å². The molecule has 0 saturated carbocycles. The number of aliphatic carboxylic acids is 1. The number of carboxylic acids is 1. The van der Waals surface area contributed by atoms with Crippen molar-refractivity contribution >= 4 is 33.5 Å². The minimum Gasteiger partial charge on any atom is -0.480 e. The van der Waals surface area contributed by atoms with Crippen molar-refractivity contribution in [3.8, 4) is 0 Å². The zero-order valence-electron chi connectivity index (χ0n) is 10.8. The Labute approximate surface area is 120 Å². The molecular weight excluding hydrogens is 312 g/mol. The van der Waals surface area contributed by atoms with Crippen molar-refractivity contribution in [3.63, 3.8) is 0 Å². The minimum atomic E-state index is -1.03. The Bertz CT molecular complexity index is 466. The Hall–Kier alpha value is -1.40. The summed E-state index contributed by atoms with van der Waals surface area (Å²) in [7, 11) is 0. The molecule has 0 spiro atoms. The maximum atomic E-state index is 11.7.